The number of sulfonamides is 1. The second kappa shape index (κ2) is 8.10. The van der Waals surface area contributed by atoms with Crippen molar-refractivity contribution >= 4 is 21.1 Å². The van der Waals surface area contributed by atoms with Crippen LogP contribution in [0.15, 0.2) is 53.7 Å². The van der Waals surface area contributed by atoms with Crippen LogP contribution in [-0.4, -0.2) is 31.6 Å². The Labute approximate surface area is 160 Å². The number of ether oxygens (including phenoxy) is 1. The molecule has 0 amide bonds. The van der Waals surface area contributed by atoms with Crippen LogP contribution in [0.25, 0.3) is 11.0 Å². The number of nitrogens with zero attached hydrogens (tertiary/aromatic N) is 2. The summed E-state index contributed by atoms with van der Waals surface area (Å²) >= 11 is 0. The first-order valence-electron chi connectivity index (χ1n) is 8.97. The maximum absolute atomic E-state index is 12.5. The number of nitrogens with one attached hydrogen (secondary N) is 1. The van der Waals surface area contributed by atoms with Gasteiger partial charge in [-0.2, -0.15) is 0 Å². The van der Waals surface area contributed by atoms with E-state index >= 15 is 0 Å². The van der Waals surface area contributed by atoms with Gasteiger partial charge in [0.05, 0.1) is 12.0 Å². The first-order valence-corrected chi connectivity index (χ1v) is 10.5. The van der Waals surface area contributed by atoms with E-state index in [1.54, 1.807) is 24.4 Å². The van der Waals surface area contributed by atoms with Gasteiger partial charge in [0.15, 0.2) is 0 Å². The Morgan fingerprint density at radius 3 is 2.78 bits per heavy atom. The number of fused-ring (bicyclic) bond motifs is 1. The van der Waals surface area contributed by atoms with Crippen molar-refractivity contribution < 1.29 is 13.2 Å². The topological polar surface area (TPSA) is 73.2 Å². The molecule has 0 spiro atoms. The van der Waals surface area contributed by atoms with Crippen molar-refractivity contribution in [1.82, 2.24) is 14.3 Å². The standard InChI is InChI=1S/C20H25N3O3S/c1-15(2)13-23-14-16(19-8-5-10-21-20(19)23)9-11-22-27(24,25)18-7-4-6-17(12-18)26-3/h4-8,10,12,14-15,22H,9,11,13H2,1-3H3. The zero-order valence-corrected chi connectivity index (χ0v) is 16.7. The van der Waals surface area contributed by atoms with E-state index in [2.05, 4.69) is 34.3 Å². The number of aromatic nitrogens is 2. The molecule has 1 N–H and O–H groups in total. The van der Waals surface area contributed by atoms with Crippen molar-refractivity contribution in [2.24, 2.45) is 5.92 Å². The highest BCUT2D eigenvalue weighted by Crippen LogP contribution is 2.21. The van der Waals surface area contributed by atoms with Gasteiger partial charge in [0.25, 0.3) is 0 Å². The van der Waals surface area contributed by atoms with E-state index in [0.717, 1.165) is 23.1 Å². The molecule has 0 aliphatic rings. The van der Waals surface area contributed by atoms with Crippen molar-refractivity contribution in [3.8, 4) is 5.75 Å². The number of pyridine rings is 1. The predicted molar refractivity (Wildman–Crippen MR) is 106 cm³/mol. The van der Waals surface area contributed by atoms with Gasteiger partial charge >= 0.3 is 0 Å². The summed E-state index contributed by atoms with van der Waals surface area (Å²) in [6.07, 6.45) is 4.46. The predicted octanol–water partition coefficient (Wildman–Crippen LogP) is 3.22. The molecule has 3 aromatic rings. The highest BCUT2D eigenvalue weighted by atomic mass is 32.2. The Morgan fingerprint density at radius 1 is 1.22 bits per heavy atom. The van der Waals surface area contributed by atoms with Crippen molar-refractivity contribution in [2.75, 3.05) is 13.7 Å². The molecule has 144 valence electrons. The van der Waals surface area contributed by atoms with Crippen LogP contribution >= 0.6 is 0 Å². The van der Waals surface area contributed by atoms with Crippen molar-refractivity contribution in [2.45, 2.75) is 31.7 Å². The summed E-state index contributed by atoms with van der Waals surface area (Å²) in [7, 11) is -2.07. The van der Waals surface area contributed by atoms with Crippen molar-refractivity contribution in [3.63, 3.8) is 0 Å². The first-order chi connectivity index (χ1) is 12.9. The number of benzene rings is 1. The molecule has 6 nitrogen and oxygen atoms in total. The molecule has 3 rings (SSSR count). The molecule has 0 atom stereocenters. The Bertz CT molecular complexity index is 1030. The molecule has 0 bridgehead atoms. The molecular formula is C20H25N3O3S. The highest BCUT2D eigenvalue weighted by Gasteiger charge is 2.15. The second-order valence-corrected chi connectivity index (χ2v) is 8.67. The van der Waals surface area contributed by atoms with Crippen LogP contribution in [0.5, 0.6) is 5.75 Å². The third-order valence-corrected chi connectivity index (χ3v) is 5.77. The normalized spacial score (nSPS) is 12.0. The van der Waals surface area contributed by atoms with Crippen LogP contribution in [-0.2, 0) is 23.0 Å². The van der Waals surface area contributed by atoms with E-state index in [1.807, 2.05) is 12.1 Å². The van der Waals surface area contributed by atoms with Crippen LogP contribution in [0, 0.1) is 5.92 Å². The summed E-state index contributed by atoms with van der Waals surface area (Å²) in [5.74, 6) is 1.02. The van der Waals surface area contributed by atoms with Gasteiger partial charge in [-0.3, -0.25) is 0 Å². The van der Waals surface area contributed by atoms with Gasteiger partial charge in [-0.1, -0.05) is 19.9 Å². The van der Waals surface area contributed by atoms with E-state index in [4.69, 9.17) is 4.74 Å². The molecule has 0 saturated carbocycles. The largest absolute Gasteiger partial charge is 0.497 e. The number of hydrogen-bond acceptors (Lipinski definition) is 4. The quantitative estimate of drug-likeness (QED) is 0.644. The second-order valence-electron chi connectivity index (χ2n) is 6.90. The smallest absolute Gasteiger partial charge is 0.240 e. The van der Waals surface area contributed by atoms with Crippen molar-refractivity contribution in [3.05, 3.63) is 54.4 Å². The Morgan fingerprint density at radius 2 is 2.04 bits per heavy atom. The molecule has 0 saturated heterocycles. The third-order valence-electron chi connectivity index (χ3n) is 4.32. The van der Waals surface area contributed by atoms with Crippen LogP contribution < -0.4 is 9.46 Å². The summed E-state index contributed by atoms with van der Waals surface area (Å²) < 4.78 is 35.0. The van der Waals surface area contributed by atoms with E-state index in [1.165, 1.54) is 13.2 Å². The minimum atomic E-state index is -3.58. The Hall–Kier alpha value is -2.38. The van der Waals surface area contributed by atoms with E-state index in [9.17, 15) is 8.42 Å². The number of hydrogen-bond donors (Lipinski definition) is 1. The maximum atomic E-state index is 12.5. The fourth-order valence-electron chi connectivity index (χ4n) is 3.10. The molecule has 1 aromatic carbocycles. The van der Waals surface area contributed by atoms with E-state index in [0.29, 0.717) is 24.6 Å². The monoisotopic (exact) mass is 387 g/mol. The van der Waals surface area contributed by atoms with Gasteiger partial charge in [0.2, 0.25) is 10.0 Å². The average molecular weight is 388 g/mol. The Balaban J connectivity index is 1.75. The summed E-state index contributed by atoms with van der Waals surface area (Å²) in [5, 5.41) is 1.07. The lowest BCUT2D eigenvalue weighted by Crippen LogP contribution is -2.26. The highest BCUT2D eigenvalue weighted by molar-refractivity contribution is 7.89. The molecule has 0 fully saturated rings. The van der Waals surface area contributed by atoms with Gasteiger partial charge in [0, 0.05) is 36.9 Å². The van der Waals surface area contributed by atoms with Crippen LogP contribution in [0.3, 0.4) is 0 Å². The molecule has 27 heavy (non-hydrogen) atoms. The first kappa shape index (κ1) is 19.4. The van der Waals surface area contributed by atoms with Crippen molar-refractivity contribution in [1.29, 1.82) is 0 Å². The summed E-state index contributed by atoms with van der Waals surface area (Å²) in [6.45, 7) is 5.52. The summed E-state index contributed by atoms with van der Waals surface area (Å²) in [5.41, 5.74) is 2.03. The zero-order valence-electron chi connectivity index (χ0n) is 15.8. The molecule has 7 heteroatoms. The molecule has 2 aromatic heterocycles. The van der Waals surface area contributed by atoms with Crippen LogP contribution in [0.2, 0.25) is 0 Å². The minimum Gasteiger partial charge on any atom is -0.497 e. The minimum absolute atomic E-state index is 0.200. The molecular weight excluding hydrogens is 362 g/mol. The fourth-order valence-corrected chi connectivity index (χ4v) is 4.17. The van der Waals surface area contributed by atoms with Crippen LogP contribution in [0.1, 0.15) is 19.4 Å². The number of methoxy groups -OCH3 is 1. The lowest BCUT2D eigenvalue weighted by atomic mass is 10.2. The molecule has 0 unspecified atom stereocenters. The van der Waals surface area contributed by atoms with Crippen LogP contribution in [0.4, 0.5) is 0 Å². The molecule has 0 aliphatic heterocycles. The summed E-state index contributed by atoms with van der Waals surface area (Å²) in [6, 6.07) is 10.4. The Kier molecular flexibility index (Phi) is 5.82. The fraction of sp³-hybridized carbons (Fsp3) is 0.350. The van der Waals surface area contributed by atoms with E-state index in [-0.39, 0.29) is 4.90 Å². The van der Waals surface area contributed by atoms with Gasteiger partial charge in [-0.25, -0.2) is 18.1 Å². The molecule has 0 aliphatic carbocycles. The van der Waals surface area contributed by atoms with E-state index < -0.39 is 10.0 Å². The third kappa shape index (κ3) is 4.48. The maximum Gasteiger partial charge on any atom is 0.240 e. The van der Waals surface area contributed by atoms with Gasteiger partial charge < -0.3 is 9.30 Å². The van der Waals surface area contributed by atoms with Gasteiger partial charge in [0.1, 0.15) is 11.4 Å². The average Bonchev–Trinajstić information content (AvgIpc) is 2.99. The molecule has 0 radical (unpaired) electrons. The SMILES string of the molecule is COc1cccc(S(=O)(=O)NCCc2cn(CC(C)C)c3ncccc23)c1. The molecule has 2 heterocycles. The van der Waals surface area contributed by atoms with Gasteiger partial charge in [-0.05, 0) is 42.2 Å². The number of rotatable bonds is 8. The summed E-state index contributed by atoms with van der Waals surface area (Å²) in [4.78, 5) is 4.69. The van der Waals surface area contributed by atoms with Gasteiger partial charge in [-0.15, -0.1) is 0 Å². The zero-order chi connectivity index (χ0) is 19.4. The lowest BCUT2D eigenvalue weighted by Gasteiger charge is -2.08. The lowest BCUT2D eigenvalue weighted by molar-refractivity contribution is 0.413.